The third-order valence-corrected chi connectivity index (χ3v) is 6.42. The van der Waals surface area contributed by atoms with Gasteiger partial charge in [-0.2, -0.15) is 0 Å². The summed E-state index contributed by atoms with van der Waals surface area (Å²) >= 11 is 0. The zero-order valence-electron chi connectivity index (χ0n) is 17.0. The first-order valence-electron chi connectivity index (χ1n) is 10.3. The first-order valence-corrected chi connectivity index (χ1v) is 10.3. The summed E-state index contributed by atoms with van der Waals surface area (Å²) in [5, 5.41) is 22.6. The van der Waals surface area contributed by atoms with E-state index in [1.807, 2.05) is 0 Å². The Kier molecular flexibility index (Phi) is 6.33. The van der Waals surface area contributed by atoms with Crippen molar-refractivity contribution in [1.29, 1.82) is 5.41 Å². The fraction of sp³-hybridized carbons (Fsp3) is 0.542. The van der Waals surface area contributed by atoms with E-state index in [1.54, 1.807) is 0 Å². The van der Waals surface area contributed by atoms with Gasteiger partial charge in [-0.3, -0.25) is 0 Å². The number of rotatable bonds is 7. The molecule has 0 aromatic heterocycles. The van der Waals surface area contributed by atoms with Crippen LogP contribution in [0.2, 0.25) is 0 Å². The lowest BCUT2D eigenvalue weighted by atomic mass is 9.70. The fourth-order valence-corrected chi connectivity index (χ4v) is 4.42. The van der Waals surface area contributed by atoms with Crippen molar-refractivity contribution in [2.24, 2.45) is 0 Å². The number of nitrogens with one attached hydrogen (secondary N) is 1. The average Bonchev–Trinajstić information content (AvgIpc) is 2.66. The Morgan fingerprint density at radius 3 is 2.37 bits per heavy atom. The Balaban J connectivity index is 1.90. The molecule has 146 valence electrons. The van der Waals surface area contributed by atoms with Gasteiger partial charge in [-0.15, -0.1) is 0 Å². The molecule has 3 nitrogen and oxygen atoms in total. The standard InChI is InChI=1S/C24H34N2O/c1-18(26(2)3)15-22(25)17-23(24(27)13-7-4-8-14-24)21-12-11-19-9-5-6-10-20(19)16-21/h5-6,9-12,16,18,23,25,27H,4,7-8,13-15,17H2,1-3H3/t18-,23?/m1/s1. The quantitative estimate of drug-likeness (QED) is 0.647. The first-order chi connectivity index (χ1) is 12.9. The highest BCUT2D eigenvalue weighted by atomic mass is 16.3. The van der Waals surface area contributed by atoms with E-state index in [4.69, 9.17) is 5.41 Å². The molecule has 0 amide bonds. The van der Waals surface area contributed by atoms with Crippen LogP contribution in [-0.4, -0.2) is 41.5 Å². The van der Waals surface area contributed by atoms with Crippen LogP contribution in [-0.2, 0) is 0 Å². The van der Waals surface area contributed by atoms with Crippen molar-refractivity contribution >= 4 is 16.5 Å². The number of hydrogen-bond donors (Lipinski definition) is 2. The molecular formula is C24H34N2O. The van der Waals surface area contributed by atoms with E-state index in [0.717, 1.165) is 37.8 Å². The van der Waals surface area contributed by atoms with E-state index in [-0.39, 0.29) is 5.92 Å². The maximum absolute atomic E-state index is 11.5. The van der Waals surface area contributed by atoms with Gasteiger partial charge in [0.1, 0.15) is 0 Å². The summed E-state index contributed by atoms with van der Waals surface area (Å²) in [6.45, 7) is 2.16. The second kappa shape index (κ2) is 8.53. The molecule has 2 aromatic rings. The smallest absolute Gasteiger partial charge is 0.0719 e. The first kappa shape index (κ1) is 20.0. The van der Waals surface area contributed by atoms with Crippen LogP contribution in [0.5, 0.6) is 0 Å². The number of fused-ring (bicyclic) bond motifs is 1. The molecule has 0 radical (unpaired) electrons. The minimum Gasteiger partial charge on any atom is -0.389 e. The number of nitrogens with zero attached hydrogens (tertiary/aromatic N) is 1. The van der Waals surface area contributed by atoms with Gasteiger partial charge < -0.3 is 15.4 Å². The van der Waals surface area contributed by atoms with Crippen LogP contribution in [0.3, 0.4) is 0 Å². The van der Waals surface area contributed by atoms with E-state index in [0.29, 0.717) is 12.5 Å². The van der Waals surface area contributed by atoms with E-state index in [9.17, 15) is 5.11 Å². The van der Waals surface area contributed by atoms with Gasteiger partial charge in [-0.05, 0) is 56.6 Å². The Hall–Kier alpha value is -1.71. The summed E-state index contributed by atoms with van der Waals surface area (Å²) in [5.74, 6) is 0.00395. The minimum absolute atomic E-state index is 0.00395. The predicted molar refractivity (Wildman–Crippen MR) is 115 cm³/mol. The monoisotopic (exact) mass is 366 g/mol. The number of aliphatic hydroxyl groups is 1. The lowest BCUT2D eigenvalue weighted by Crippen LogP contribution is -2.40. The SMILES string of the molecule is C[C@H](CC(=N)CC(c1ccc2ccccc2c1)C1(O)CCCCC1)N(C)C. The summed E-state index contributed by atoms with van der Waals surface area (Å²) in [4.78, 5) is 2.16. The number of hydrogen-bond acceptors (Lipinski definition) is 3. The average molecular weight is 367 g/mol. The summed E-state index contributed by atoms with van der Waals surface area (Å²) in [7, 11) is 4.13. The van der Waals surface area contributed by atoms with Crippen LogP contribution in [0.25, 0.3) is 10.8 Å². The minimum atomic E-state index is -0.686. The molecule has 3 rings (SSSR count). The third kappa shape index (κ3) is 4.77. The molecule has 1 saturated carbocycles. The molecule has 1 fully saturated rings. The molecule has 1 aliphatic rings. The topological polar surface area (TPSA) is 47.3 Å². The van der Waals surface area contributed by atoms with Gasteiger partial charge in [0, 0.05) is 24.1 Å². The fourth-order valence-electron chi connectivity index (χ4n) is 4.42. The lowest BCUT2D eigenvalue weighted by Gasteiger charge is -2.40. The molecule has 1 unspecified atom stereocenters. The molecular weight excluding hydrogens is 332 g/mol. The van der Waals surface area contributed by atoms with Crippen molar-refractivity contribution in [2.75, 3.05) is 14.1 Å². The van der Waals surface area contributed by atoms with Crippen LogP contribution in [0, 0.1) is 5.41 Å². The normalized spacial score (nSPS) is 19.1. The summed E-state index contributed by atoms with van der Waals surface area (Å²) < 4.78 is 0. The second-order valence-electron chi connectivity index (χ2n) is 8.65. The van der Waals surface area contributed by atoms with Gasteiger partial charge >= 0.3 is 0 Å². The van der Waals surface area contributed by atoms with Crippen molar-refractivity contribution in [2.45, 2.75) is 69.4 Å². The van der Waals surface area contributed by atoms with Crippen LogP contribution in [0.4, 0.5) is 0 Å². The van der Waals surface area contributed by atoms with Crippen molar-refractivity contribution < 1.29 is 5.11 Å². The Morgan fingerprint density at radius 2 is 1.70 bits per heavy atom. The van der Waals surface area contributed by atoms with Gasteiger partial charge in [0.15, 0.2) is 0 Å². The van der Waals surface area contributed by atoms with Crippen LogP contribution in [0.1, 0.15) is 63.4 Å². The van der Waals surface area contributed by atoms with Crippen LogP contribution >= 0.6 is 0 Å². The molecule has 0 bridgehead atoms. The summed E-state index contributed by atoms with van der Waals surface area (Å²) in [6, 6.07) is 15.3. The van der Waals surface area contributed by atoms with Gasteiger partial charge in [0.2, 0.25) is 0 Å². The van der Waals surface area contributed by atoms with Crippen LogP contribution < -0.4 is 0 Å². The maximum atomic E-state index is 11.5. The van der Waals surface area contributed by atoms with Crippen molar-refractivity contribution in [3.63, 3.8) is 0 Å². The molecule has 27 heavy (non-hydrogen) atoms. The van der Waals surface area contributed by atoms with Gasteiger partial charge in [-0.1, -0.05) is 61.7 Å². The Morgan fingerprint density at radius 1 is 1.04 bits per heavy atom. The van der Waals surface area contributed by atoms with Gasteiger partial charge in [0.05, 0.1) is 5.60 Å². The molecule has 2 aromatic carbocycles. The van der Waals surface area contributed by atoms with Crippen LogP contribution in [0.15, 0.2) is 42.5 Å². The summed E-state index contributed by atoms with van der Waals surface area (Å²) in [6.07, 6.45) is 6.48. The van der Waals surface area contributed by atoms with E-state index in [1.165, 1.54) is 22.8 Å². The van der Waals surface area contributed by atoms with Crippen molar-refractivity contribution in [3.8, 4) is 0 Å². The predicted octanol–water partition coefficient (Wildman–Crippen LogP) is 5.37. The second-order valence-corrected chi connectivity index (χ2v) is 8.65. The molecule has 2 atom stereocenters. The third-order valence-electron chi connectivity index (χ3n) is 6.42. The zero-order valence-corrected chi connectivity index (χ0v) is 17.0. The molecule has 0 heterocycles. The van der Waals surface area contributed by atoms with Crippen molar-refractivity contribution in [1.82, 2.24) is 4.90 Å². The van der Waals surface area contributed by atoms with Gasteiger partial charge in [0.25, 0.3) is 0 Å². The highest BCUT2D eigenvalue weighted by Crippen LogP contribution is 2.42. The molecule has 0 saturated heterocycles. The zero-order chi connectivity index (χ0) is 19.4. The Bertz CT molecular complexity index is 777. The molecule has 1 aliphatic carbocycles. The Labute approximate surface area is 163 Å². The lowest BCUT2D eigenvalue weighted by molar-refractivity contribution is -0.0202. The highest BCUT2D eigenvalue weighted by molar-refractivity contribution is 5.85. The maximum Gasteiger partial charge on any atom is 0.0719 e. The molecule has 2 N–H and O–H groups in total. The molecule has 3 heteroatoms. The molecule has 0 spiro atoms. The van der Waals surface area contributed by atoms with E-state index >= 15 is 0 Å². The summed E-state index contributed by atoms with van der Waals surface area (Å²) in [5.41, 5.74) is 1.24. The van der Waals surface area contributed by atoms with E-state index in [2.05, 4.69) is 68.4 Å². The van der Waals surface area contributed by atoms with E-state index < -0.39 is 5.60 Å². The highest BCUT2D eigenvalue weighted by Gasteiger charge is 2.39. The molecule has 0 aliphatic heterocycles. The largest absolute Gasteiger partial charge is 0.389 e. The number of benzene rings is 2. The van der Waals surface area contributed by atoms with Gasteiger partial charge in [-0.25, -0.2) is 0 Å². The van der Waals surface area contributed by atoms with Crippen molar-refractivity contribution in [3.05, 3.63) is 48.0 Å².